The number of ether oxygens (including phenoxy) is 2. The smallest absolute Gasteiger partial charge is 0.354 e. The lowest BCUT2D eigenvalue weighted by Crippen LogP contribution is -2.41. The van der Waals surface area contributed by atoms with E-state index >= 15 is 0 Å². The van der Waals surface area contributed by atoms with Crippen molar-refractivity contribution in [2.24, 2.45) is 10.8 Å². The summed E-state index contributed by atoms with van der Waals surface area (Å²) in [7, 11) is -4.45. The normalized spacial score (nSPS) is 13.2. The summed E-state index contributed by atoms with van der Waals surface area (Å²) in [4.78, 5) is 23.5. The van der Waals surface area contributed by atoms with Gasteiger partial charge in [0.2, 0.25) is 0 Å². The van der Waals surface area contributed by atoms with Gasteiger partial charge in [0.25, 0.3) is 16.0 Å². The molecule has 1 aliphatic rings. The third-order valence-electron chi connectivity index (χ3n) is 8.71. The molecule has 0 saturated heterocycles. The third kappa shape index (κ3) is 11.9. The van der Waals surface area contributed by atoms with Gasteiger partial charge in [-0.15, -0.1) is 12.6 Å². The first-order chi connectivity index (χ1) is 30.2. The Morgan fingerprint density at radius 3 is 1.91 bits per heavy atom. The number of anilines is 6. The van der Waals surface area contributed by atoms with E-state index in [4.69, 9.17) is 62.6 Å². The summed E-state index contributed by atoms with van der Waals surface area (Å²) < 4.78 is 60.1. The van der Waals surface area contributed by atoms with Crippen molar-refractivity contribution in [2.45, 2.75) is 39.5 Å². The van der Waals surface area contributed by atoms with Crippen LogP contribution in [0.5, 0.6) is 23.0 Å². The van der Waals surface area contributed by atoms with Crippen LogP contribution in [0.25, 0.3) is 21.5 Å². The second-order valence-corrected chi connectivity index (χ2v) is 16.2. The second kappa shape index (κ2) is 21.7. The van der Waals surface area contributed by atoms with Crippen LogP contribution >= 0.6 is 36.7 Å². The van der Waals surface area contributed by atoms with E-state index in [2.05, 4.69) is 17.7 Å². The summed E-state index contributed by atoms with van der Waals surface area (Å²) in [5.74, 6) is -0.938. The minimum absolute atomic E-state index is 0.0240. The van der Waals surface area contributed by atoms with Gasteiger partial charge in [0.15, 0.2) is 5.71 Å². The van der Waals surface area contributed by atoms with Crippen molar-refractivity contribution < 1.29 is 56.5 Å². The molecule has 0 spiro atoms. The zero-order valence-corrected chi connectivity index (χ0v) is 37.1. The Morgan fingerprint density at radius 1 is 0.812 bits per heavy atom. The number of thiol groups is 1. The number of aromatic hydroxyl groups is 2. The fourth-order valence-corrected chi connectivity index (χ4v) is 7.30. The molecule has 1 amide bonds. The monoisotopic (exact) mass is 956 g/mol. The van der Waals surface area contributed by atoms with Crippen LogP contribution in [0, 0.1) is 0 Å². The highest BCUT2D eigenvalue weighted by atomic mass is 32.2. The van der Waals surface area contributed by atoms with Gasteiger partial charge in [-0.1, -0.05) is 0 Å². The van der Waals surface area contributed by atoms with E-state index in [0.717, 1.165) is 21.4 Å². The van der Waals surface area contributed by atoms with Crippen LogP contribution in [0.4, 0.5) is 34.1 Å². The Hall–Kier alpha value is -6.51. The van der Waals surface area contributed by atoms with Crippen molar-refractivity contribution >= 4 is 120 Å². The molecule has 0 saturated carbocycles. The molecule has 6 aromatic rings. The maximum Gasteiger partial charge on any atom is 0.354 e. The van der Waals surface area contributed by atoms with Gasteiger partial charge in [0.05, 0.1) is 40.9 Å². The first-order valence-electron chi connectivity index (χ1n) is 18.3. The number of hydrogen-bond acceptors (Lipinski definition) is 20. The highest BCUT2D eigenvalue weighted by Gasteiger charge is 2.37. The van der Waals surface area contributed by atoms with E-state index in [1.54, 1.807) is 60.7 Å². The van der Waals surface area contributed by atoms with Crippen LogP contribution in [0.1, 0.15) is 13.8 Å². The summed E-state index contributed by atoms with van der Waals surface area (Å²) in [6, 6.07) is 20.5. The SMILES string of the molecule is CCOc1cc(N)c(OCC)cc1N.NC1C(=O)N(c2ccc(S)cc2)N=C1C(=O)O.Nc1ccc(S(=O)(=O)O)c2cc(SO)cc(O)c12.Nc1ccc2c(O)c(N)c(SO)cc2c1. The van der Waals surface area contributed by atoms with E-state index in [-0.39, 0.29) is 49.1 Å². The van der Waals surface area contributed by atoms with E-state index in [1.807, 2.05) is 13.8 Å². The van der Waals surface area contributed by atoms with Crippen molar-refractivity contribution in [2.75, 3.05) is 46.9 Å². The fourth-order valence-electron chi connectivity index (χ4n) is 5.76. The number of carbonyl (C=O) groups is 2. The number of nitrogen functional groups attached to an aromatic ring is 5. The third-order valence-corrected chi connectivity index (χ3v) is 10.9. The molecule has 1 unspecified atom stereocenters. The summed E-state index contributed by atoms with van der Waals surface area (Å²) in [6.45, 7) is 4.92. The number of aliphatic carboxylic acids is 1. The van der Waals surface area contributed by atoms with Crippen LogP contribution in [0.2, 0.25) is 0 Å². The number of nitrogens with zero attached hydrogens (tertiary/aromatic N) is 2. The van der Waals surface area contributed by atoms with Crippen LogP contribution in [0.3, 0.4) is 0 Å². The molecule has 64 heavy (non-hydrogen) atoms. The number of amides is 1. The number of phenols is 2. The van der Waals surface area contributed by atoms with E-state index in [1.165, 1.54) is 18.2 Å². The highest BCUT2D eigenvalue weighted by Crippen LogP contribution is 2.39. The lowest BCUT2D eigenvalue weighted by atomic mass is 10.1. The molecule has 18 N–H and O–H groups in total. The van der Waals surface area contributed by atoms with Crippen molar-refractivity contribution in [3.63, 3.8) is 0 Å². The number of carbonyl (C=O) groups excluding carboxylic acids is 1. The lowest BCUT2D eigenvalue weighted by molar-refractivity contribution is -0.130. The molecule has 6 aromatic carbocycles. The summed E-state index contributed by atoms with van der Waals surface area (Å²) in [5.41, 5.74) is 36.0. The summed E-state index contributed by atoms with van der Waals surface area (Å²) >= 11 is 4.96. The summed E-state index contributed by atoms with van der Waals surface area (Å²) in [6.07, 6.45) is 0. The Bertz CT molecular complexity index is 2800. The van der Waals surface area contributed by atoms with Gasteiger partial charge in [-0.05, 0) is 92.0 Å². The van der Waals surface area contributed by atoms with Gasteiger partial charge in [-0.25, -0.2) is 4.79 Å². The molecular weight excluding hydrogens is 913 g/mol. The van der Waals surface area contributed by atoms with Gasteiger partial charge in [0.1, 0.15) is 33.9 Å². The summed E-state index contributed by atoms with van der Waals surface area (Å²) in [5, 5.41) is 34.6. The Balaban J connectivity index is 0.000000188. The average Bonchev–Trinajstić information content (AvgIpc) is 3.54. The first kappa shape index (κ1) is 50.1. The van der Waals surface area contributed by atoms with Crippen LogP contribution in [0.15, 0.2) is 110 Å². The molecule has 340 valence electrons. The molecule has 0 aliphatic carbocycles. The average molecular weight is 957 g/mol. The number of rotatable bonds is 9. The van der Waals surface area contributed by atoms with Gasteiger partial charge in [-0.3, -0.25) is 9.35 Å². The zero-order valence-electron chi connectivity index (χ0n) is 33.7. The fraction of sp³-hybridized carbons (Fsp3) is 0.125. The molecule has 1 heterocycles. The molecule has 7 rings (SSSR count). The number of hydrazone groups is 1. The molecule has 24 heteroatoms. The van der Waals surface area contributed by atoms with Crippen molar-refractivity contribution in [1.29, 1.82) is 0 Å². The number of phenolic OH excluding ortho intramolecular Hbond substituents is 2. The second-order valence-electron chi connectivity index (χ2n) is 13.0. The van der Waals surface area contributed by atoms with E-state index in [0.29, 0.717) is 81.8 Å². The minimum atomic E-state index is -4.45. The molecule has 0 radical (unpaired) electrons. The molecule has 0 bridgehead atoms. The quantitative estimate of drug-likeness (QED) is 0.0261. The standard InChI is InChI=1S/C10H9N3O3S.C10H10N2O2S.C10H16N2O2.C10H9NO5S2/c11-7-8(10(15)16)12-13(9(7)14)5-1-3-6(17)4-2-5;11-6-1-2-7-5(3-6)4-8(15-14)9(12)10(7)13;1-3-13-9-5-8(12)10(14-4-2)6-7(9)11;11-7-1-2-9(18(14,15)16)6-3-5(17-13)4-8(12)10(6)7/h1-4,7,17H,11H2,(H,15,16);1-4,13-14H,11-12H2;5-6H,3-4,11-12H2,1-2H3;1-4,12-13H,11H2,(H,14,15,16). The molecule has 0 fully saturated rings. The molecule has 20 nitrogen and oxygen atoms in total. The van der Waals surface area contributed by atoms with Crippen LogP contribution in [-0.2, 0) is 19.7 Å². The molecule has 0 aromatic heterocycles. The number of carboxylic acids is 1. The van der Waals surface area contributed by atoms with Gasteiger partial charge in [0, 0.05) is 73.5 Å². The van der Waals surface area contributed by atoms with E-state index in [9.17, 15) is 28.2 Å². The highest BCUT2D eigenvalue weighted by molar-refractivity contribution is 7.94. The number of nitrogens with two attached hydrogens (primary N) is 6. The maximum absolute atomic E-state index is 11.7. The zero-order chi connectivity index (χ0) is 47.6. The van der Waals surface area contributed by atoms with Crippen LogP contribution in [-0.4, -0.2) is 74.2 Å². The van der Waals surface area contributed by atoms with Crippen molar-refractivity contribution in [3.8, 4) is 23.0 Å². The first-order valence-corrected chi connectivity index (χ1v) is 21.7. The molecule has 1 atom stereocenters. The number of hydrogen-bond donors (Lipinski definition) is 13. The van der Waals surface area contributed by atoms with E-state index < -0.39 is 28.0 Å². The van der Waals surface area contributed by atoms with Crippen LogP contribution < -0.4 is 48.9 Å². The molecule has 1 aliphatic heterocycles. The predicted molar refractivity (Wildman–Crippen MR) is 253 cm³/mol. The lowest BCUT2D eigenvalue weighted by Gasteiger charge is -2.12. The van der Waals surface area contributed by atoms with Gasteiger partial charge >= 0.3 is 5.97 Å². The predicted octanol–water partition coefficient (Wildman–Crippen LogP) is 5.95. The van der Waals surface area contributed by atoms with Gasteiger partial charge in [-0.2, -0.15) is 18.5 Å². The Morgan fingerprint density at radius 2 is 1.41 bits per heavy atom. The molecular formula is C40H44N8O12S4. The number of benzene rings is 6. The number of carboxylic acid groups (broad SMARTS) is 1. The van der Waals surface area contributed by atoms with Crippen molar-refractivity contribution in [3.05, 3.63) is 84.9 Å². The minimum Gasteiger partial charge on any atom is -0.507 e. The Kier molecular flexibility index (Phi) is 17.0. The topological polar surface area (TPSA) is 380 Å². The van der Waals surface area contributed by atoms with Gasteiger partial charge < -0.3 is 68.3 Å². The van der Waals surface area contributed by atoms with Crippen molar-refractivity contribution in [1.82, 2.24) is 0 Å². The number of fused-ring (bicyclic) bond motifs is 2. The largest absolute Gasteiger partial charge is 0.507 e. The Labute approximate surface area is 380 Å². The maximum atomic E-state index is 11.7.